The molecule has 31 heavy (non-hydrogen) atoms. The van der Waals surface area contributed by atoms with E-state index < -0.39 is 11.9 Å². The van der Waals surface area contributed by atoms with Crippen molar-refractivity contribution in [1.82, 2.24) is 5.32 Å². The number of rotatable bonds is 10. The molecule has 6 nitrogen and oxygen atoms in total. The molecule has 1 atom stereocenters. The average Bonchev–Trinajstić information content (AvgIpc) is 2.74. The molecule has 6 heteroatoms. The van der Waals surface area contributed by atoms with Crippen molar-refractivity contribution < 1.29 is 14.4 Å². The Balaban J connectivity index is 2.19. The zero-order chi connectivity index (χ0) is 23.0. The molecule has 0 saturated carbocycles. The van der Waals surface area contributed by atoms with Crippen molar-refractivity contribution in [3.63, 3.8) is 0 Å². The number of nitrogens with two attached hydrogens (primary N) is 1. The summed E-state index contributed by atoms with van der Waals surface area (Å²) in [7, 11) is 0. The molecular weight excluding hydrogens is 390 g/mol. The minimum Gasteiger partial charge on any atom is -0.368 e. The molecule has 0 aromatic heterocycles. The molecule has 0 spiro atoms. The highest BCUT2D eigenvalue weighted by Gasteiger charge is 2.23. The highest BCUT2D eigenvalue weighted by molar-refractivity contribution is 5.96. The van der Waals surface area contributed by atoms with Crippen LogP contribution in [0, 0.1) is 12.8 Å². The van der Waals surface area contributed by atoms with Crippen LogP contribution < -0.4 is 16.0 Å². The Hall–Kier alpha value is -3.41. The fraction of sp³-hybridized carbons (Fsp3) is 0.320. The Labute approximate surface area is 184 Å². The molecule has 0 fully saturated rings. The minimum atomic E-state index is -0.755. The first kappa shape index (κ1) is 23.9. The molecule has 0 aliphatic heterocycles. The number of nitrogens with one attached hydrogen (secondary N) is 1. The van der Waals surface area contributed by atoms with Gasteiger partial charge in [-0.15, -0.1) is 0 Å². The number of nitrogens with zero attached hydrogens (tertiary/aromatic N) is 1. The van der Waals surface area contributed by atoms with Crippen molar-refractivity contribution >= 4 is 29.5 Å². The van der Waals surface area contributed by atoms with Gasteiger partial charge >= 0.3 is 0 Å². The third-order valence-corrected chi connectivity index (χ3v) is 5.17. The maximum Gasteiger partial charge on any atom is 0.240 e. The molecule has 0 unspecified atom stereocenters. The Kier molecular flexibility index (Phi) is 8.55. The lowest BCUT2D eigenvalue weighted by molar-refractivity contribution is -0.129. The van der Waals surface area contributed by atoms with Crippen molar-refractivity contribution in [3.8, 4) is 0 Å². The lowest BCUT2D eigenvalue weighted by atomic mass is 10.0. The topological polar surface area (TPSA) is 92.5 Å². The van der Waals surface area contributed by atoms with Gasteiger partial charge in [0.15, 0.2) is 0 Å². The highest BCUT2D eigenvalue weighted by Crippen LogP contribution is 2.24. The van der Waals surface area contributed by atoms with E-state index in [4.69, 9.17) is 5.73 Å². The van der Waals surface area contributed by atoms with E-state index in [0.29, 0.717) is 6.54 Å². The predicted octanol–water partition coefficient (Wildman–Crippen LogP) is 3.58. The molecule has 0 saturated heterocycles. The molecule has 0 radical (unpaired) electrons. The minimum absolute atomic E-state index is 0.0139. The number of anilines is 1. The molecule has 0 aliphatic carbocycles. The SMILES string of the molecule is C=Cc1ccccc1CN(C(=O)CCC(=O)N[C@H](C(N)=O)C(C)C)c1ccccc1C. The molecule has 2 rings (SSSR count). The van der Waals surface area contributed by atoms with E-state index in [2.05, 4.69) is 11.9 Å². The van der Waals surface area contributed by atoms with E-state index >= 15 is 0 Å². The number of benzene rings is 2. The normalized spacial score (nSPS) is 11.6. The van der Waals surface area contributed by atoms with Crippen LogP contribution >= 0.6 is 0 Å². The van der Waals surface area contributed by atoms with Crippen molar-refractivity contribution in [1.29, 1.82) is 0 Å². The fourth-order valence-electron chi connectivity index (χ4n) is 3.39. The first-order valence-electron chi connectivity index (χ1n) is 10.4. The number of carbonyl (C=O) groups excluding carboxylic acids is 3. The maximum absolute atomic E-state index is 13.2. The highest BCUT2D eigenvalue weighted by atomic mass is 16.2. The Bertz CT molecular complexity index is 953. The van der Waals surface area contributed by atoms with Gasteiger partial charge in [0, 0.05) is 18.5 Å². The van der Waals surface area contributed by atoms with Crippen LogP contribution in [0.5, 0.6) is 0 Å². The fourth-order valence-corrected chi connectivity index (χ4v) is 3.39. The molecular formula is C25H31N3O3. The Morgan fingerprint density at radius 3 is 2.32 bits per heavy atom. The van der Waals surface area contributed by atoms with E-state index in [1.165, 1.54) is 0 Å². The van der Waals surface area contributed by atoms with Crippen LogP contribution in [-0.4, -0.2) is 23.8 Å². The van der Waals surface area contributed by atoms with E-state index in [9.17, 15) is 14.4 Å². The van der Waals surface area contributed by atoms with Crippen LogP contribution in [0.15, 0.2) is 55.1 Å². The van der Waals surface area contributed by atoms with E-state index in [1.54, 1.807) is 24.8 Å². The van der Waals surface area contributed by atoms with Crippen LogP contribution in [0.3, 0.4) is 0 Å². The average molecular weight is 422 g/mol. The molecule has 3 amide bonds. The van der Waals surface area contributed by atoms with Crippen LogP contribution in [-0.2, 0) is 20.9 Å². The van der Waals surface area contributed by atoms with Crippen LogP contribution in [0.2, 0.25) is 0 Å². The maximum atomic E-state index is 13.2. The first-order chi connectivity index (χ1) is 14.7. The molecule has 0 heterocycles. The summed E-state index contributed by atoms with van der Waals surface area (Å²) in [5.74, 6) is -1.26. The summed E-state index contributed by atoms with van der Waals surface area (Å²) in [6.45, 7) is 9.77. The third kappa shape index (κ3) is 6.54. The van der Waals surface area contributed by atoms with Gasteiger partial charge in [-0.3, -0.25) is 14.4 Å². The lowest BCUT2D eigenvalue weighted by Gasteiger charge is -2.26. The van der Waals surface area contributed by atoms with Gasteiger partial charge in [0.05, 0.1) is 6.54 Å². The van der Waals surface area contributed by atoms with Crippen molar-refractivity contribution in [3.05, 3.63) is 71.8 Å². The number of carbonyl (C=O) groups is 3. The van der Waals surface area contributed by atoms with E-state index in [-0.39, 0.29) is 30.6 Å². The van der Waals surface area contributed by atoms with Gasteiger partial charge in [0.2, 0.25) is 17.7 Å². The molecule has 0 aliphatic rings. The standard InChI is InChI=1S/C25H31N3O3/c1-5-19-11-7-8-12-20(19)16-28(21-13-9-6-10-18(21)4)23(30)15-14-22(29)27-24(17(2)3)25(26)31/h5-13,17,24H,1,14-16H2,2-4H3,(H2,26,31)(H,27,29)/t24-/m0/s1. The summed E-state index contributed by atoms with van der Waals surface area (Å²) in [5, 5.41) is 2.63. The van der Waals surface area contributed by atoms with Gasteiger partial charge in [-0.25, -0.2) is 0 Å². The van der Waals surface area contributed by atoms with Crippen LogP contribution in [0.1, 0.15) is 43.4 Å². The van der Waals surface area contributed by atoms with Crippen molar-refractivity contribution in [2.75, 3.05) is 4.90 Å². The number of para-hydroxylation sites is 1. The predicted molar refractivity (Wildman–Crippen MR) is 124 cm³/mol. The second-order valence-electron chi connectivity index (χ2n) is 7.86. The van der Waals surface area contributed by atoms with Crippen LogP contribution in [0.25, 0.3) is 6.08 Å². The number of hydrogen-bond donors (Lipinski definition) is 2. The summed E-state index contributed by atoms with van der Waals surface area (Å²) in [6.07, 6.45) is 1.75. The second-order valence-corrected chi connectivity index (χ2v) is 7.86. The smallest absolute Gasteiger partial charge is 0.240 e. The van der Waals surface area contributed by atoms with Gasteiger partial charge in [-0.1, -0.05) is 69.0 Å². The Morgan fingerprint density at radius 2 is 1.71 bits per heavy atom. The van der Waals surface area contributed by atoms with Gasteiger partial charge in [0.1, 0.15) is 6.04 Å². The van der Waals surface area contributed by atoms with Gasteiger partial charge in [-0.05, 0) is 35.6 Å². The molecule has 164 valence electrons. The second kappa shape index (κ2) is 11.1. The number of aryl methyl sites for hydroxylation is 1. The Morgan fingerprint density at radius 1 is 1.06 bits per heavy atom. The van der Waals surface area contributed by atoms with Gasteiger partial charge < -0.3 is 16.0 Å². The van der Waals surface area contributed by atoms with Gasteiger partial charge in [-0.2, -0.15) is 0 Å². The first-order valence-corrected chi connectivity index (χ1v) is 10.4. The zero-order valence-electron chi connectivity index (χ0n) is 18.4. The summed E-state index contributed by atoms with van der Waals surface area (Å²) >= 11 is 0. The number of primary amides is 1. The molecule has 0 bridgehead atoms. The van der Waals surface area contributed by atoms with E-state index in [1.807, 2.05) is 55.5 Å². The van der Waals surface area contributed by atoms with E-state index in [0.717, 1.165) is 22.4 Å². The third-order valence-electron chi connectivity index (χ3n) is 5.17. The van der Waals surface area contributed by atoms with Gasteiger partial charge in [0.25, 0.3) is 0 Å². The quantitative estimate of drug-likeness (QED) is 0.614. The monoisotopic (exact) mass is 421 g/mol. The largest absolute Gasteiger partial charge is 0.368 e. The summed E-state index contributed by atoms with van der Waals surface area (Å²) in [4.78, 5) is 38.8. The molecule has 2 aromatic rings. The molecule has 3 N–H and O–H groups in total. The summed E-state index contributed by atoms with van der Waals surface area (Å²) in [6, 6.07) is 14.6. The molecule has 2 aromatic carbocycles. The summed E-state index contributed by atoms with van der Waals surface area (Å²) in [5.41, 5.74) is 9.03. The number of hydrogen-bond acceptors (Lipinski definition) is 3. The summed E-state index contributed by atoms with van der Waals surface area (Å²) < 4.78 is 0. The van der Waals surface area contributed by atoms with Crippen molar-refractivity contribution in [2.24, 2.45) is 11.7 Å². The number of amides is 3. The lowest BCUT2D eigenvalue weighted by Crippen LogP contribution is -2.47. The van der Waals surface area contributed by atoms with Crippen LogP contribution in [0.4, 0.5) is 5.69 Å². The zero-order valence-corrected chi connectivity index (χ0v) is 18.4. The van der Waals surface area contributed by atoms with Crippen molar-refractivity contribution in [2.45, 2.75) is 46.2 Å².